The molecule has 0 spiro atoms. The summed E-state index contributed by atoms with van der Waals surface area (Å²) in [6, 6.07) is 20.3. The number of para-hydroxylation sites is 1. The van der Waals surface area contributed by atoms with E-state index in [1.54, 1.807) is 10.7 Å². The lowest BCUT2D eigenvalue weighted by molar-refractivity contribution is 0.410. The number of aromatic nitrogens is 3. The Balaban J connectivity index is 1.71. The van der Waals surface area contributed by atoms with Crippen LogP contribution in [-0.2, 0) is 0 Å². The van der Waals surface area contributed by atoms with Crippen molar-refractivity contribution in [1.82, 2.24) is 14.6 Å². The van der Waals surface area contributed by atoms with E-state index in [-0.39, 0.29) is 12.1 Å². The summed E-state index contributed by atoms with van der Waals surface area (Å²) < 4.78 is 1.60. The van der Waals surface area contributed by atoms with E-state index in [1.165, 1.54) is 0 Å². The van der Waals surface area contributed by atoms with E-state index in [1.807, 2.05) is 54.6 Å². The molecule has 5 rings (SSSR count). The average Bonchev–Trinajstić information content (AvgIpc) is 3.25. The summed E-state index contributed by atoms with van der Waals surface area (Å²) in [4.78, 5) is 4.53. The molecule has 1 fully saturated rings. The highest BCUT2D eigenvalue weighted by atomic mass is 35.5. The lowest BCUT2D eigenvalue weighted by Gasteiger charge is -2.28. The van der Waals surface area contributed by atoms with Crippen molar-refractivity contribution in [3.8, 4) is 17.2 Å². The number of imidazole rings is 1. The van der Waals surface area contributed by atoms with Gasteiger partial charge in [-0.3, -0.25) is 0 Å². The van der Waals surface area contributed by atoms with E-state index in [9.17, 15) is 5.26 Å². The summed E-state index contributed by atoms with van der Waals surface area (Å²) in [5, 5.41) is 22.3. The zero-order valence-electron chi connectivity index (χ0n) is 18.0. The molecule has 2 aromatic heterocycles. The van der Waals surface area contributed by atoms with Gasteiger partial charge in [0.25, 0.3) is 0 Å². The predicted octanol–water partition coefficient (Wildman–Crippen LogP) is 5.35. The van der Waals surface area contributed by atoms with Crippen molar-refractivity contribution in [2.24, 2.45) is 5.73 Å². The first-order chi connectivity index (χ1) is 16.1. The van der Waals surface area contributed by atoms with Crippen molar-refractivity contribution in [1.29, 1.82) is 5.26 Å². The van der Waals surface area contributed by atoms with Gasteiger partial charge in [0.1, 0.15) is 6.07 Å². The highest BCUT2D eigenvalue weighted by Crippen LogP contribution is 2.39. The number of halogens is 1. The number of hydrogen-bond donors (Lipinski definition) is 3. The number of benzene rings is 2. The molecule has 0 amide bonds. The molecule has 166 valence electrons. The van der Waals surface area contributed by atoms with Gasteiger partial charge >= 0.3 is 0 Å². The van der Waals surface area contributed by atoms with E-state index in [0.717, 1.165) is 48.2 Å². The first kappa shape index (κ1) is 21.3. The standard InChI is InChI=1S/C25H24ClN7/c26-17-8-6-16(7-9-17)22-23(30-19-4-2-1-3-5-19)25-29-15-21(14-27)33(25)32-24(22)31-20-12-10-18(28)11-13-20/h1-9,15,18,20,30H,10-13,28H2,(H,31,32). The zero-order chi connectivity index (χ0) is 22.8. The number of hydrogen-bond acceptors (Lipinski definition) is 6. The third-order valence-electron chi connectivity index (χ3n) is 6.05. The van der Waals surface area contributed by atoms with Crippen LogP contribution in [0.1, 0.15) is 31.4 Å². The summed E-state index contributed by atoms with van der Waals surface area (Å²) in [5.74, 6) is 0.693. The second-order valence-corrected chi connectivity index (χ2v) is 8.78. The highest BCUT2D eigenvalue weighted by Gasteiger charge is 2.24. The van der Waals surface area contributed by atoms with Gasteiger partial charge in [0, 0.05) is 22.8 Å². The Bertz CT molecular complexity index is 1300. The van der Waals surface area contributed by atoms with Gasteiger partial charge in [-0.15, -0.1) is 5.10 Å². The molecule has 4 N–H and O–H groups in total. The van der Waals surface area contributed by atoms with Gasteiger partial charge in [0.05, 0.1) is 17.4 Å². The molecule has 1 saturated carbocycles. The largest absolute Gasteiger partial charge is 0.365 e. The van der Waals surface area contributed by atoms with Gasteiger partial charge < -0.3 is 16.4 Å². The Kier molecular flexibility index (Phi) is 5.86. The molecule has 0 saturated heterocycles. The third-order valence-corrected chi connectivity index (χ3v) is 6.30. The Morgan fingerprint density at radius 1 is 1.03 bits per heavy atom. The fourth-order valence-corrected chi connectivity index (χ4v) is 4.44. The second kappa shape index (κ2) is 9.10. The maximum Gasteiger partial charge on any atom is 0.179 e. The summed E-state index contributed by atoms with van der Waals surface area (Å²) in [6.07, 6.45) is 5.43. The van der Waals surface area contributed by atoms with Gasteiger partial charge in [0.2, 0.25) is 0 Å². The minimum atomic E-state index is 0.249. The van der Waals surface area contributed by atoms with Crippen molar-refractivity contribution < 1.29 is 0 Å². The lowest BCUT2D eigenvalue weighted by atomic mass is 9.91. The number of nitrogens with two attached hydrogens (primary N) is 1. The molecule has 0 bridgehead atoms. The number of anilines is 3. The molecule has 1 aliphatic rings. The molecule has 0 radical (unpaired) electrons. The first-order valence-corrected chi connectivity index (χ1v) is 11.4. The van der Waals surface area contributed by atoms with E-state index in [4.69, 9.17) is 22.4 Å². The predicted molar refractivity (Wildman–Crippen MR) is 132 cm³/mol. The number of nitrogens with zero attached hydrogens (tertiary/aromatic N) is 4. The van der Waals surface area contributed by atoms with Crippen LogP contribution in [0.25, 0.3) is 16.8 Å². The van der Waals surface area contributed by atoms with Gasteiger partial charge in [-0.2, -0.15) is 9.78 Å². The molecule has 0 unspecified atom stereocenters. The highest BCUT2D eigenvalue weighted by molar-refractivity contribution is 6.30. The molecule has 8 heteroatoms. The molecule has 33 heavy (non-hydrogen) atoms. The smallest absolute Gasteiger partial charge is 0.179 e. The molecule has 4 aromatic rings. The van der Waals surface area contributed by atoms with Crippen LogP contribution in [0.15, 0.2) is 60.8 Å². The lowest BCUT2D eigenvalue weighted by Crippen LogP contribution is -2.33. The fourth-order valence-electron chi connectivity index (χ4n) is 4.31. The summed E-state index contributed by atoms with van der Waals surface area (Å²) in [6.45, 7) is 0. The maximum atomic E-state index is 9.64. The monoisotopic (exact) mass is 457 g/mol. The van der Waals surface area contributed by atoms with Crippen molar-refractivity contribution in [3.63, 3.8) is 0 Å². The Labute approximate surface area is 197 Å². The molecule has 0 atom stereocenters. The van der Waals surface area contributed by atoms with Crippen molar-refractivity contribution in [3.05, 3.63) is 71.5 Å². The molecule has 2 heterocycles. The van der Waals surface area contributed by atoms with Crippen LogP contribution < -0.4 is 16.4 Å². The van der Waals surface area contributed by atoms with Crippen LogP contribution in [0.5, 0.6) is 0 Å². The Hall–Kier alpha value is -3.60. The van der Waals surface area contributed by atoms with Gasteiger partial charge in [-0.1, -0.05) is 41.9 Å². The number of rotatable bonds is 5. The van der Waals surface area contributed by atoms with E-state index in [0.29, 0.717) is 22.2 Å². The van der Waals surface area contributed by atoms with Crippen molar-refractivity contribution in [2.45, 2.75) is 37.8 Å². The van der Waals surface area contributed by atoms with E-state index in [2.05, 4.69) is 21.7 Å². The van der Waals surface area contributed by atoms with Crippen LogP contribution >= 0.6 is 11.6 Å². The molecule has 2 aromatic carbocycles. The SMILES string of the molecule is N#Cc1cnc2c(Nc3ccccc3)c(-c3ccc(Cl)cc3)c(NC3CCC(N)CC3)nn12. The zero-order valence-corrected chi connectivity index (χ0v) is 18.8. The van der Waals surface area contributed by atoms with E-state index < -0.39 is 0 Å². The quantitative estimate of drug-likeness (QED) is 0.373. The first-order valence-electron chi connectivity index (χ1n) is 11.0. The van der Waals surface area contributed by atoms with Gasteiger partial charge in [-0.25, -0.2) is 4.98 Å². The van der Waals surface area contributed by atoms with Crippen molar-refractivity contribution in [2.75, 3.05) is 10.6 Å². The summed E-state index contributed by atoms with van der Waals surface area (Å²) in [5.41, 5.74) is 10.6. The Morgan fingerprint density at radius 3 is 2.45 bits per heavy atom. The second-order valence-electron chi connectivity index (χ2n) is 8.34. The number of nitrogens with one attached hydrogen (secondary N) is 2. The normalized spacial score (nSPS) is 18.1. The third kappa shape index (κ3) is 4.36. The minimum absolute atomic E-state index is 0.249. The van der Waals surface area contributed by atoms with Crippen LogP contribution in [0.3, 0.4) is 0 Å². The fraction of sp³-hybridized carbons (Fsp3) is 0.240. The van der Waals surface area contributed by atoms with Crippen LogP contribution in [0.4, 0.5) is 17.2 Å². The molecule has 7 nitrogen and oxygen atoms in total. The topological polar surface area (TPSA) is 104 Å². The van der Waals surface area contributed by atoms with Gasteiger partial charge in [-0.05, 0) is 55.5 Å². The average molecular weight is 458 g/mol. The molecular formula is C25H24ClN7. The Morgan fingerprint density at radius 2 is 1.76 bits per heavy atom. The van der Waals surface area contributed by atoms with E-state index >= 15 is 0 Å². The van der Waals surface area contributed by atoms with Crippen LogP contribution in [0.2, 0.25) is 5.02 Å². The van der Waals surface area contributed by atoms with Crippen molar-refractivity contribution >= 4 is 34.4 Å². The number of nitriles is 1. The molecular weight excluding hydrogens is 434 g/mol. The maximum absolute atomic E-state index is 9.64. The van der Waals surface area contributed by atoms with Crippen LogP contribution in [-0.4, -0.2) is 26.7 Å². The summed E-state index contributed by atoms with van der Waals surface area (Å²) in [7, 11) is 0. The minimum Gasteiger partial charge on any atom is -0.365 e. The summed E-state index contributed by atoms with van der Waals surface area (Å²) >= 11 is 6.18. The van der Waals surface area contributed by atoms with Gasteiger partial charge in [0.15, 0.2) is 17.2 Å². The molecule has 1 aliphatic carbocycles. The van der Waals surface area contributed by atoms with Crippen LogP contribution in [0, 0.1) is 11.3 Å². The number of fused-ring (bicyclic) bond motifs is 1. The molecule has 0 aliphatic heterocycles.